The number of likely N-dealkylation sites (N-methyl/N-ethyl adjacent to an activating group) is 1. The highest BCUT2D eigenvalue weighted by atomic mass is 16.7. The Morgan fingerprint density at radius 3 is 0.889 bits per heavy atom. The Kier molecular flexibility index (Phi) is 70.3. The van der Waals surface area contributed by atoms with Crippen LogP contribution in [0.3, 0.4) is 0 Å². The molecule has 530 valence electrons. The lowest BCUT2D eigenvalue weighted by atomic mass is 10.0. The topological polar surface area (TPSA) is 108 Å². The van der Waals surface area contributed by atoms with Gasteiger partial charge in [-0.3, -0.25) is 9.59 Å². The fraction of sp³-hybridized carbons (Fsp3) is 0.889. The molecular formula is C81H154NO8+. The van der Waals surface area contributed by atoms with E-state index in [4.69, 9.17) is 18.9 Å². The zero-order valence-electron chi connectivity index (χ0n) is 60.8. The fourth-order valence-corrected chi connectivity index (χ4v) is 12.1. The van der Waals surface area contributed by atoms with Crippen LogP contribution in [-0.2, 0) is 33.3 Å². The molecule has 0 aromatic heterocycles. The summed E-state index contributed by atoms with van der Waals surface area (Å²) in [5.41, 5.74) is 0. The van der Waals surface area contributed by atoms with Crippen molar-refractivity contribution in [2.24, 2.45) is 0 Å². The zero-order chi connectivity index (χ0) is 65.4. The van der Waals surface area contributed by atoms with E-state index in [0.29, 0.717) is 17.4 Å². The first kappa shape index (κ1) is 87.5. The van der Waals surface area contributed by atoms with Gasteiger partial charge in [-0.05, 0) is 51.4 Å². The van der Waals surface area contributed by atoms with E-state index in [0.717, 1.165) is 51.4 Å². The normalized spacial score (nSPS) is 12.8. The second-order valence-electron chi connectivity index (χ2n) is 28.4. The van der Waals surface area contributed by atoms with Crippen molar-refractivity contribution >= 4 is 17.9 Å². The number of carbonyl (C=O) groups excluding carboxylic acids is 2. The van der Waals surface area contributed by atoms with Crippen molar-refractivity contribution in [1.29, 1.82) is 0 Å². The Bertz CT molecular complexity index is 1570. The highest BCUT2D eigenvalue weighted by molar-refractivity contribution is 5.71. The molecular weight excluding hydrogens is 1110 g/mol. The van der Waals surface area contributed by atoms with E-state index in [1.807, 2.05) is 21.1 Å². The van der Waals surface area contributed by atoms with E-state index < -0.39 is 18.4 Å². The van der Waals surface area contributed by atoms with Gasteiger partial charge in [0.15, 0.2) is 6.10 Å². The van der Waals surface area contributed by atoms with E-state index in [1.54, 1.807) is 0 Å². The smallest absolute Gasteiger partial charge is 0.361 e. The molecule has 0 aliphatic rings. The van der Waals surface area contributed by atoms with Gasteiger partial charge in [0.1, 0.15) is 13.2 Å². The molecule has 0 rings (SSSR count). The van der Waals surface area contributed by atoms with E-state index in [9.17, 15) is 19.5 Å². The molecule has 0 fully saturated rings. The number of carboxylic acids is 1. The molecule has 0 heterocycles. The van der Waals surface area contributed by atoms with Gasteiger partial charge in [-0.15, -0.1) is 0 Å². The summed E-state index contributed by atoms with van der Waals surface area (Å²) in [6.07, 6.45) is 90.2. The summed E-state index contributed by atoms with van der Waals surface area (Å²) in [4.78, 5) is 37.7. The summed E-state index contributed by atoms with van der Waals surface area (Å²) in [5.74, 6) is -1.97. The summed E-state index contributed by atoms with van der Waals surface area (Å²) >= 11 is 0. The third-order valence-corrected chi connectivity index (χ3v) is 18.1. The molecule has 0 aliphatic carbocycles. The lowest BCUT2D eigenvalue weighted by molar-refractivity contribution is -0.870. The quantitative estimate of drug-likeness (QED) is 0.0211. The number of aliphatic carboxylic acids is 1. The summed E-state index contributed by atoms with van der Waals surface area (Å²) in [6, 6.07) is 0. The maximum Gasteiger partial charge on any atom is 0.361 e. The molecule has 0 aromatic carbocycles. The number of hydrogen-bond acceptors (Lipinski definition) is 7. The average Bonchev–Trinajstić information content (AvgIpc) is 3.63. The lowest BCUT2D eigenvalue weighted by Crippen LogP contribution is -2.40. The first-order valence-electron chi connectivity index (χ1n) is 39.7. The molecule has 0 spiro atoms. The first-order valence-corrected chi connectivity index (χ1v) is 39.7. The summed E-state index contributed by atoms with van der Waals surface area (Å²) in [7, 11) is 6.00. The van der Waals surface area contributed by atoms with Crippen LogP contribution in [0.4, 0.5) is 0 Å². The van der Waals surface area contributed by atoms with Gasteiger partial charge in [-0.1, -0.05) is 378 Å². The van der Waals surface area contributed by atoms with Gasteiger partial charge in [0, 0.05) is 12.8 Å². The Balaban J connectivity index is 3.98. The molecule has 0 bridgehead atoms. The van der Waals surface area contributed by atoms with Crippen molar-refractivity contribution in [3.05, 3.63) is 36.5 Å². The van der Waals surface area contributed by atoms with E-state index >= 15 is 0 Å². The summed E-state index contributed by atoms with van der Waals surface area (Å²) < 4.78 is 23.1. The largest absolute Gasteiger partial charge is 0.477 e. The minimum Gasteiger partial charge on any atom is -0.477 e. The number of ether oxygens (including phenoxy) is 4. The predicted molar refractivity (Wildman–Crippen MR) is 387 cm³/mol. The Labute approximate surface area is 560 Å². The van der Waals surface area contributed by atoms with Gasteiger partial charge >= 0.3 is 17.9 Å². The lowest BCUT2D eigenvalue weighted by Gasteiger charge is -2.25. The van der Waals surface area contributed by atoms with Crippen molar-refractivity contribution in [2.45, 2.75) is 418 Å². The molecule has 0 saturated carbocycles. The molecule has 0 aliphatic heterocycles. The Morgan fingerprint density at radius 2 is 0.600 bits per heavy atom. The Morgan fingerprint density at radius 1 is 0.333 bits per heavy atom. The third-order valence-electron chi connectivity index (χ3n) is 18.1. The number of allylic oxidation sites excluding steroid dienone is 6. The van der Waals surface area contributed by atoms with Crippen LogP contribution in [0.5, 0.6) is 0 Å². The maximum atomic E-state index is 13.0. The van der Waals surface area contributed by atoms with E-state index in [1.165, 1.54) is 327 Å². The summed E-state index contributed by atoms with van der Waals surface area (Å²) in [6.45, 7) is 4.95. The standard InChI is InChI=1S/C81H153NO8/c1-6-8-10-12-14-16-18-20-22-24-26-28-30-32-34-36-38-39-40-42-43-45-47-49-51-53-55-57-59-61-63-65-67-69-71-78(83)88-75-77(76-89-81(80(85)86)87-74-73-82(3,4)5)90-79(84)72-70-68-66-64-62-60-58-56-54-52-50-48-46-44-41-37-35-33-31-29-27-25-23-21-19-17-15-13-11-9-7-2/h19,21,25,27,31,33,77,81H,6-18,20,22-24,26,28-30,32,34-76H2,1-5H3/p+1/b21-19-,27-25-,33-31-. The van der Waals surface area contributed by atoms with E-state index in [-0.39, 0.29) is 38.2 Å². The molecule has 2 atom stereocenters. The SMILES string of the molecule is CCCCCCC/C=C\C/C=C\C/C=C\CCCCCCCCCCCCCCCCCCC(=O)OC(COC(=O)CCCCCCCCCCCCCCCCCCCCCCCCCCCCCCCCCCCC)COC(OCC[N+](C)(C)C)C(=O)O. The van der Waals surface area contributed by atoms with Crippen LogP contribution in [0.1, 0.15) is 406 Å². The molecule has 9 heteroatoms. The van der Waals surface area contributed by atoms with Gasteiger partial charge in [0.2, 0.25) is 0 Å². The molecule has 9 nitrogen and oxygen atoms in total. The number of quaternary nitrogens is 1. The van der Waals surface area contributed by atoms with Gasteiger partial charge in [0.05, 0.1) is 34.4 Å². The van der Waals surface area contributed by atoms with Gasteiger partial charge in [0.25, 0.3) is 6.29 Å². The van der Waals surface area contributed by atoms with Crippen molar-refractivity contribution < 1.29 is 42.9 Å². The monoisotopic (exact) mass is 1270 g/mol. The molecule has 1 N–H and O–H groups in total. The number of hydrogen-bond donors (Lipinski definition) is 1. The van der Waals surface area contributed by atoms with Crippen molar-refractivity contribution in [3.8, 4) is 0 Å². The van der Waals surface area contributed by atoms with Crippen molar-refractivity contribution in [3.63, 3.8) is 0 Å². The number of unbranched alkanes of at least 4 members (excludes halogenated alkanes) is 54. The van der Waals surface area contributed by atoms with Gasteiger partial charge < -0.3 is 28.5 Å². The molecule has 2 unspecified atom stereocenters. The minimum atomic E-state index is -1.51. The second kappa shape index (κ2) is 72.3. The predicted octanol–water partition coefficient (Wildman–Crippen LogP) is 25.1. The number of esters is 2. The average molecular weight is 1270 g/mol. The molecule has 0 aromatic rings. The number of rotatable bonds is 75. The molecule has 0 saturated heterocycles. The maximum absolute atomic E-state index is 13.0. The van der Waals surface area contributed by atoms with Crippen LogP contribution in [0.25, 0.3) is 0 Å². The molecule has 0 radical (unpaired) electrons. The highest BCUT2D eigenvalue weighted by Crippen LogP contribution is 2.20. The highest BCUT2D eigenvalue weighted by Gasteiger charge is 2.25. The number of carbonyl (C=O) groups is 3. The number of nitrogens with zero attached hydrogens (tertiary/aromatic N) is 1. The second-order valence-corrected chi connectivity index (χ2v) is 28.4. The van der Waals surface area contributed by atoms with Crippen LogP contribution in [0.15, 0.2) is 36.5 Å². The van der Waals surface area contributed by atoms with Gasteiger partial charge in [-0.2, -0.15) is 0 Å². The Hall–Kier alpha value is -2.49. The zero-order valence-corrected chi connectivity index (χ0v) is 60.8. The van der Waals surface area contributed by atoms with Crippen LogP contribution in [-0.4, -0.2) is 87.4 Å². The van der Waals surface area contributed by atoms with Crippen molar-refractivity contribution in [2.75, 3.05) is 47.5 Å². The minimum absolute atomic E-state index is 0.176. The van der Waals surface area contributed by atoms with Crippen LogP contribution >= 0.6 is 0 Å². The number of carboxylic acid groups (broad SMARTS) is 1. The van der Waals surface area contributed by atoms with Crippen LogP contribution in [0, 0.1) is 0 Å². The van der Waals surface area contributed by atoms with Crippen LogP contribution < -0.4 is 0 Å². The summed E-state index contributed by atoms with van der Waals surface area (Å²) in [5, 5.41) is 9.77. The molecule has 90 heavy (non-hydrogen) atoms. The van der Waals surface area contributed by atoms with Crippen molar-refractivity contribution in [1.82, 2.24) is 0 Å². The third kappa shape index (κ3) is 72.9. The van der Waals surface area contributed by atoms with Crippen LogP contribution in [0.2, 0.25) is 0 Å². The van der Waals surface area contributed by atoms with E-state index in [2.05, 4.69) is 50.3 Å². The fourth-order valence-electron chi connectivity index (χ4n) is 12.1. The molecule has 0 amide bonds. The van der Waals surface area contributed by atoms with Gasteiger partial charge in [-0.25, -0.2) is 4.79 Å². The first-order chi connectivity index (χ1) is 44.1.